The predicted molar refractivity (Wildman–Crippen MR) is 77.1 cm³/mol. The van der Waals surface area contributed by atoms with Gasteiger partial charge >= 0.3 is 0 Å². The van der Waals surface area contributed by atoms with Crippen molar-refractivity contribution < 1.29 is 4.74 Å². The zero-order valence-electron chi connectivity index (χ0n) is 11.7. The van der Waals surface area contributed by atoms with Gasteiger partial charge in [-0.25, -0.2) is 4.68 Å². The Labute approximate surface area is 118 Å². The Morgan fingerprint density at radius 1 is 1.40 bits per heavy atom. The van der Waals surface area contributed by atoms with Crippen LogP contribution in [0.15, 0.2) is 30.3 Å². The molecule has 0 radical (unpaired) electrons. The molecule has 0 saturated heterocycles. The first-order chi connectivity index (χ1) is 9.67. The molecular weight excluding hydrogens is 252 g/mol. The van der Waals surface area contributed by atoms with E-state index in [0.717, 1.165) is 12.0 Å². The predicted octanol–water partition coefficient (Wildman–Crippen LogP) is 2.89. The molecule has 2 N–H and O–H groups in total. The minimum Gasteiger partial charge on any atom is -0.471 e. The van der Waals surface area contributed by atoms with Crippen LogP contribution in [0, 0.1) is 11.3 Å². The fourth-order valence-corrected chi connectivity index (χ4v) is 1.87. The molecule has 5 nitrogen and oxygen atoms in total. The summed E-state index contributed by atoms with van der Waals surface area (Å²) in [6.45, 7) is 4.42. The van der Waals surface area contributed by atoms with Crippen LogP contribution < -0.4 is 10.5 Å². The number of nitrogens with two attached hydrogens (primary N) is 1. The van der Waals surface area contributed by atoms with Crippen LogP contribution in [-0.2, 0) is 6.61 Å². The fourth-order valence-electron chi connectivity index (χ4n) is 1.87. The Bertz CT molecular complexity index is 613. The summed E-state index contributed by atoms with van der Waals surface area (Å²) in [7, 11) is 0. The van der Waals surface area contributed by atoms with Crippen LogP contribution in [-0.4, -0.2) is 9.78 Å². The highest BCUT2D eigenvalue weighted by atomic mass is 16.5. The van der Waals surface area contributed by atoms with Crippen LogP contribution in [0.3, 0.4) is 0 Å². The second kappa shape index (κ2) is 6.11. The van der Waals surface area contributed by atoms with Gasteiger partial charge in [0.1, 0.15) is 18.5 Å². The summed E-state index contributed by atoms with van der Waals surface area (Å²) < 4.78 is 7.29. The van der Waals surface area contributed by atoms with Crippen LogP contribution in [0.25, 0.3) is 0 Å². The van der Waals surface area contributed by atoms with Crippen molar-refractivity contribution in [3.63, 3.8) is 0 Å². The molecule has 0 aliphatic heterocycles. The first kappa shape index (κ1) is 13.9. The van der Waals surface area contributed by atoms with Crippen LogP contribution >= 0.6 is 0 Å². The standard InChI is InChI=1S/C15H18N4O/c1-3-11(2)19-14(17)13(9-16)15(18-19)20-10-12-7-5-4-6-8-12/h4-8,11H,3,10,17H2,1-2H3/t11-/m0/s1. The van der Waals surface area contributed by atoms with Crippen LogP contribution in [0.2, 0.25) is 0 Å². The maximum Gasteiger partial charge on any atom is 0.253 e. The minimum atomic E-state index is 0.135. The minimum absolute atomic E-state index is 0.135. The van der Waals surface area contributed by atoms with Gasteiger partial charge in [-0.15, -0.1) is 5.10 Å². The zero-order chi connectivity index (χ0) is 14.5. The Hall–Kier alpha value is -2.48. The molecule has 0 aliphatic rings. The molecule has 104 valence electrons. The highest BCUT2D eigenvalue weighted by Gasteiger charge is 2.19. The summed E-state index contributed by atoms with van der Waals surface area (Å²) in [6, 6.07) is 11.9. The Morgan fingerprint density at radius 3 is 2.70 bits per heavy atom. The van der Waals surface area contributed by atoms with E-state index in [1.165, 1.54) is 0 Å². The van der Waals surface area contributed by atoms with Gasteiger partial charge in [-0.2, -0.15) is 5.26 Å². The van der Waals surface area contributed by atoms with Gasteiger partial charge in [-0.3, -0.25) is 0 Å². The molecule has 1 heterocycles. The number of rotatable bonds is 5. The number of aromatic nitrogens is 2. The number of anilines is 1. The van der Waals surface area contributed by atoms with Gasteiger partial charge in [-0.1, -0.05) is 37.3 Å². The molecule has 0 amide bonds. The largest absolute Gasteiger partial charge is 0.471 e. The van der Waals surface area contributed by atoms with Crippen molar-refractivity contribution in [2.45, 2.75) is 32.9 Å². The molecule has 0 saturated carbocycles. The Balaban J connectivity index is 2.22. The second-order valence-corrected chi connectivity index (χ2v) is 4.65. The van der Waals surface area contributed by atoms with E-state index in [9.17, 15) is 5.26 Å². The van der Waals surface area contributed by atoms with E-state index in [2.05, 4.69) is 11.2 Å². The number of benzene rings is 1. The van der Waals surface area contributed by atoms with E-state index < -0.39 is 0 Å². The Kier molecular flexibility index (Phi) is 4.26. The van der Waals surface area contributed by atoms with E-state index >= 15 is 0 Å². The summed E-state index contributed by atoms with van der Waals surface area (Å²) in [5, 5.41) is 13.5. The molecule has 1 atom stereocenters. The van der Waals surface area contributed by atoms with Gasteiger partial charge < -0.3 is 10.5 Å². The molecule has 1 aromatic carbocycles. The third kappa shape index (κ3) is 2.75. The van der Waals surface area contributed by atoms with Crippen molar-refractivity contribution in [3.05, 3.63) is 41.5 Å². The molecule has 2 rings (SSSR count). The van der Waals surface area contributed by atoms with Gasteiger partial charge in [0.2, 0.25) is 0 Å². The normalized spacial score (nSPS) is 11.8. The molecule has 0 unspecified atom stereocenters. The highest BCUT2D eigenvalue weighted by Crippen LogP contribution is 2.27. The van der Waals surface area contributed by atoms with Crippen LogP contribution in [0.4, 0.5) is 5.82 Å². The van der Waals surface area contributed by atoms with Crippen molar-refractivity contribution in [1.82, 2.24) is 9.78 Å². The maximum absolute atomic E-state index is 9.20. The number of nitrogen functional groups attached to an aromatic ring is 1. The number of ether oxygens (including phenoxy) is 1. The van der Waals surface area contributed by atoms with E-state index in [4.69, 9.17) is 10.5 Å². The molecule has 0 fully saturated rings. The molecule has 0 spiro atoms. The number of nitrogens with zero attached hydrogens (tertiary/aromatic N) is 3. The van der Waals surface area contributed by atoms with E-state index in [1.807, 2.05) is 44.2 Å². The molecule has 0 aliphatic carbocycles. The van der Waals surface area contributed by atoms with Crippen molar-refractivity contribution in [1.29, 1.82) is 5.26 Å². The number of hydrogen-bond donors (Lipinski definition) is 1. The first-order valence-corrected chi connectivity index (χ1v) is 6.62. The molecule has 2 aromatic rings. The lowest BCUT2D eigenvalue weighted by atomic mass is 10.2. The summed E-state index contributed by atoms with van der Waals surface area (Å²) in [5.41, 5.74) is 7.29. The quantitative estimate of drug-likeness (QED) is 0.906. The van der Waals surface area contributed by atoms with Gasteiger partial charge in [-0.05, 0) is 18.9 Å². The lowest BCUT2D eigenvalue weighted by Crippen LogP contribution is -2.09. The zero-order valence-corrected chi connectivity index (χ0v) is 11.7. The monoisotopic (exact) mass is 270 g/mol. The maximum atomic E-state index is 9.20. The summed E-state index contributed by atoms with van der Waals surface area (Å²) >= 11 is 0. The number of nitriles is 1. The highest BCUT2D eigenvalue weighted by molar-refractivity contribution is 5.55. The van der Waals surface area contributed by atoms with Gasteiger partial charge in [0.15, 0.2) is 5.56 Å². The molecule has 20 heavy (non-hydrogen) atoms. The molecule has 5 heteroatoms. The summed E-state index contributed by atoms with van der Waals surface area (Å²) in [5.74, 6) is 0.666. The third-order valence-electron chi connectivity index (χ3n) is 3.25. The summed E-state index contributed by atoms with van der Waals surface area (Å²) in [6.07, 6.45) is 0.884. The molecule has 0 bridgehead atoms. The van der Waals surface area contributed by atoms with Crippen molar-refractivity contribution in [3.8, 4) is 11.9 Å². The number of hydrogen-bond acceptors (Lipinski definition) is 4. The Morgan fingerprint density at radius 2 is 2.10 bits per heavy atom. The van der Waals surface area contributed by atoms with Crippen molar-refractivity contribution in [2.75, 3.05) is 5.73 Å². The van der Waals surface area contributed by atoms with E-state index in [0.29, 0.717) is 23.9 Å². The van der Waals surface area contributed by atoms with E-state index in [-0.39, 0.29) is 6.04 Å². The lowest BCUT2D eigenvalue weighted by Gasteiger charge is -2.10. The summed E-state index contributed by atoms with van der Waals surface area (Å²) in [4.78, 5) is 0. The average molecular weight is 270 g/mol. The first-order valence-electron chi connectivity index (χ1n) is 6.62. The fraction of sp³-hybridized carbons (Fsp3) is 0.333. The SMILES string of the molecule is CC[C@H](C)n1nc(OCc2ccccc2)c(C#N)c1N. The van der Waals surface area contributed by atoms with E-state index in [1.54, 1.807) is 4.68 Å². The van der Waals surface area contributed by atoms with Crippen LogP contribution in [0.1, 0.15) is 37.4 Å². The smallest absolute Gasteiger partial charge is 0.253 e. The second-order valence-electron chi connectivity index (χ2n) is 4.65. The third-order valence-corrected chi connectivity index (χ3v) is 3.25. The van der Waals surface area contributed by atoms with Crippen molar-refractivity contribution >= 4 is 5.82 Å². The average Bonchev–Trinajstić information content (AvgIpc) is 2.81. The van der Waals surface area contributed by atoms with Crippen molar-refractivity contribution in [2.24, 2.45) is 0 Å². The van der Waals surface area contributed by atoms with Gasteiger partial charge in [0.25, 0.3) is 5.88 Å². The van der Waals surface area contributed by atoms with Gasteiger partial charge in [0, 0.05) is 0 Å². The molecular formula is C15H18N4O. The molecule has 1 aromatic heterocycles. The van der Waals surface area contributed by atoms with Gasteiger partial charge in [0.05, 0.1) is 6.04 Å². The topological polar surface area (TPSA) is 76.9 Å². The lowest BCUT2D eigenvalue weighted by molar-refractivity contribution is 0.286. The van der Waals surface area contributed by atoms with Crippen LogP contribution in [0.5, 0.6) is 5.88 Å².